The molecule has 0 heterocycles. The van der Waals surface area contributed by atoms with Gasteiger partial charge in [-0.3, -0.25) is 4.79 Å². The first kappa shape index (κ1) is 12.6. The molecule has 6 N–H and O–H groups in total. The Bertz CT molecular complexity index is 351. The van der Waals surface area contributed by atoms with Crippen molar-refractivity contribution in [1.29, 1.82) is 0 Å². The summed E-state index contributed by atoms with van der Waals surface area (Å²) in [5, 5.41) is 19.3. The molecule has 0 aliphatic carbocycles. The van der Waals surface area contributed by atoms with Gasteiger partial charge in [-0.15, -0.1) is 0 Å². The number of carbonyl (C=O) groups excluding carboxylic acids is 1. The lowest BCUT2D eigenvalue weighted by atomic mass is 10.0. The third kappa shape index (κ3) is 3.03. The van der Waals surface area contributed by atoms with Crippen LogP contribution < -0.4 is 11.5 Å². The quantitative estimate of drug-likeness (QED) is 0.542. The van der Waals surface area contributed by atoms with Crippen LogP contribution in [0.1, 0.15) is 28.4 Å². The van der Waals surface area contributed by atoms with Crippen LogP contribution >= 0.6 is 0 Å². The molecule has 0 aromatic heterocycles. The van der Waals surface area contributed by atoms with Crippen LogP contribution in [0, 0.1) is 0 Å². The van der Waals surface area contributed by atoms with Crippen molar-refractivity contribution in [3.05, 3.63) is 35.4 Å². The number of carbonyl (C=O) groups is 1. The number of benzene rings is 1. The van der Waals surface area contributed by atoms with Gasteiger partial charge < -0.3 is 21.7 Å². The topological polar surface area (TPSA) is 110 Å². The Morgan fingerprint density at radius 1 is 1.25 bits per heavy atom. The average molecular weight is 224 g/mol. The molecule has 1 aromatic carbocycles. The highest BCUT2D eigenvalue weighted by molar-refractivity contribution is 5.92. The molecule has 0 saturated heterocycles. The summed E-state index contributed by atoms with van der Waals surface area (Å²) in [4.78, 5) is 10.8. The number of aliphatic hydroxyl groups is 2. The van der Waals surface area contributed by atoms with E-state index in [0.717, 1.165) is 0 Å². The summed E-state index contributed by atoms with van der Waals surface area (Å²) in [7, 11) is 0. The first-order valence-electron chi connectivity index (χ1n) is 5.02. The van der Waals surface area contributed by atoms with E-state index in [-0.39, 0.29) is 0 Å². The first-order valence-corrected chi connectivity index (χ1v) is 5.02. The lowest BCUT2D eigenvalue weighted by molar-refractivity contribution is 0.0150. The predicted octanol–water partition coefficient (Wildman–Crippen LogP) is -0.471. The normalized spacial score (nSPS) is 14.4. The maximum Gasteiger partial charge on any atom is 0.248 e. The maximum absolute atomic E-state index is 10.8. The Hall–Kier alpha value is -1.43. The Morgan fingerprint density at radius 3 is 2.25 bits per heavy atom. The Kier molecular flexibility index (Phi) is 4.42. The monoisotopic (exact) mass is 224 g/mol. The Balaban J connectivity index is 2.77. The van der Waals surface area contributed by atoms with Crippen molar-refractivity contribution < 1.29 is 15.0 Å². The fourth-order valence-corrected chi connectivity index (χ4v) is 1.40. The molecule has 1 rings (SSSR count). The van der Waals surface area contributed by atoms with Crippen molar-refractivity contribution in [2.24, 2.45) is 11.5 Å². The van der Waals surface area contributed by atoms with Crippen LogP contribution in [0.5, 0.6) is 0 Å². The van der Waals surface area contributed by atoms with Gasteiger partial charge in [-0.2, -0.15) is 0 Å². The van der Waals surface area contributed by atoms with Gasteiger partial charge in [0.1, 0.15) is 6.10 Å². The van der Waals surface area contributed by atoms with Gasteiger partial charge in [-0.1, -0.05) is 12.1 Å². The number of amides is 1. The predicted molar refractivity (Wildman–Crippen MR) is 59.6 cm³/mol. The molecule has 0 spiro atoms. The first-order chi connectivity index (χ1) is 7.56. The van der Waals surface area contributed by atoms with Gasteiger partial charge >= 0.3 is 0 Å². The second-order valence-corrected chi connectivity index (χ2v) is 3.58. The van der Waals surface area contributed by atoms with Crippen molar-refractivity contribution in [3.8, 4) is 0 Å². The molecule has 1 amide bonds. The molecule has 1 aromatic rings. The van der Waals surface area contributed by atoms with Gasteiger partial charge in [0, 0.05) is 5.56 Å². The molecular formula is C11H16N2O3. The number of hydrogen-bond donors (Lipinski definition) is 4. The summed E-state index contributed by atoms with van der Waals surface area (Å²) in [6.07, 6.45) is -1.58. The third-order valence-corrected chi connectivity index (χ3v) is 2.36. The van der Waals surface area contributed by atoms with Crippen LogP contribution in [0.3, 0.4) is 0 Å². The van der Waals surface area contributed by atoms with E-state index in [1.165, 1.54) is 12.1 Å². The highest BCUT2D eigenvalue weighted by Gasteiger charge is 2.17. The van der Waals surface area contributed by atoms with E-state index in [0.29, 0.717) is 24.1 Å². The second kappa shape index (κ2) is 5.60. The van der Waals surface area contributed by atoms with Crippen LogP contribution in [0.15, 0.2) is 24.3 Å². The minimum Gasteiger partial charge on any atom is -0.390 e. The van der Waals surface area contributed by atoms with Crippen LogP contribution in [-0.4, -0.2) is 28.8 Å². The lowest BCUT2D eigenvalue weighted by Crippen LogP contribution is -2.22. The number of aliphatic hydroxyl groups excluding tert-OH is 2. The second-order valence-electron chi connectivity index (χ2n) is 3.58. The Morgan fingerprint density at radius 2 is 1.81 bits per heavy atom. The van der Waals surface area contributed by atoms with Gasteiger partial charge in [-0.05, 0) is 30.7 Å². The van der Waals surface area contributed by atoms with E-state index in [4.69, 9.17) is 11.5 Å². The molecule has 0 bridgehead atoms. The van der Waals surface area contributed by atoms with Gasteiger partial charge in [0.15, 0.2) is 0 Å². The van der Waals surface area contributed by atoms with Gasteiger partial charge in [0.2, 0.25) is 5.91 Å². The van der Waals surface area contributed by atoms with Crippen molar-refractivity contribution in [3.63, 3.8) is 0 Å². The van der Waals surface area contributed by atoms with Crippen LogP contribution in [0.2, 0.25) is 0 Å². The van der Waals surface area contributed by atoms with E-state index in [1.54, 1.807) is 12.1 Å². The molecule has 5 nitrogen and oxygen atoms in total. The zero-order valence-electron chi connectivity index (χ0n) is 8.84. The summed E-state index contributed by atoms with van der Waals surface area (Å²) in [5.74, 6) is -0.524. The zero-order valence-corrected chi connectivity index (χ0v) is 8.84. The van der Waals surface area contributed by atoms with Gasteiger partial charge in [0.05, 0.1) is 6.10 Å². The van der Waals surface area contributed by atoms with E-state index in [9.17, 15) is 15.0 Å². The number of nitrogens with two attached hydrogens (primary N) is 2. The summed E-state index contributed by atoms with van der Waals surface area (Å²) in [5.41, 5.74) is 11.3. The molecule has 0 aliphatic rings. The number of primary amides is 1. The summed E-state index contributed by atoms with van der Waals surface area (Å²) < 4.78 is 0. The fraction of sp³-hybridized carbons (Fsp3) is 0.364. The SMILES string of the molecule is NCCC(O)C(O)c1ccc(C(N)=O)cc1. The molecule has 16 heavy (non-hydrogen) atoms. The standard InChI is InChI=1S/C11H16N2O3/c12-6-5-9(14)10(15)7-1-3-8(4-2-7)11(13)16/h1-4,9-10,14-15H,5-6,12H2,(H2,13,16). The largest absolute Gasteiger partial charge is 0.390 e. The summed E-state index contributed by atoms with van der Waals surface area (Å²) in [6, 6.07) is 6.14. The van der Waals surface area contributed by atoms with Crippen molar-refractivity contribution in [1.82, 2.24) is 0 Å². The fourth-order valence-electron chi connectivity index (χ4n) is 1.40. The van der Waals surface area contributed by atoms with Crippen LogP contribution in [0.25, 0.3) is 0 Å². The van der Waals surface area contributed by atoms with Crippen LogP contribution in [-0.2, 0) is 0 Å². The minimum absolute atomic E-state index is 0.303. The van der Waals surface area contributed by atoms with E-state index >= 15 is 0 Å². The van der Waals surface area contributed by atoms with E-state index < -0.39 is 18.1 Å². The Labute approximate surface area is 93.7 Å². The average Bonchev–Trinajstić information content (AvgIpc) is 2.28. The number of hydrogen-bond acceptors (Lipinski definition) is 4. The molecule has 0 radical (unpaired) electrons. The molecule has 0 aliphatic heterocycles. The van der Waals surface area contributed by atoms with Gasteiger partial charge in [-0.25, -0.2) is 0 Å². The highest BCUT2D eigenvalue weighted by atomic mass is 16.3. The van der Waals surface area contributed by atoms with E-state index in [1.807, 2.05) is 0 Å². The molecule has 88 valence electrons. The lowest BCUT2D eigenvalue weighted by Gasteiger charge is -2.17. The highest BCUT2D eigenvalue weighted by Crippen LogP contribution is 2.18. The summed E-state index contributed by atoms with van der Waals surface area (Å²) in [6.45, 7) is 0.303. The molecule has 2 atom stereocenters. The molecule has 0 saturated carbocycles. The molecule has 5 heteroatoms. The zero-order chi connectivity index (χ0) is 12.1. The maximum atomic E-state index is 10.8. The van der Waals surface area contributed by atoms with Gasteiger partial charge in [0.25, 0.3) is 0 Å². The van der Waals surface area contributed by atoms with E-state index in [2.05, 4.69) is 0 Å². The smallest absolute Gasteiger partial charge is 0.248 e. The molecule has 2 unspecified atom stereocenters. The van der Waals surface area contributed by atoms with Crippen LogP contribution in [0.4, 0.5) is 0 Å². The summed E-state index contributed by atoms with van der Waals surface area (Å²) >= 11 is 0. The molecule has 0 fully saturated rings. The molecular weight excluding hydrogens is 208 g/mol. The third-order valence-electron chi connectivity index (χ3n) is 2.36. The van der Waals surface area contributed by atoms with Crippen molar-refractivity contribution in [2.75, 3.05) is 6.54 Å². The minimum atomic E-state index is -0.995. The van der Waals surface area contributed by atoms with Crippen molar-refractivity contribution in [2.45, 2.75) is 18.6 Å². The van der Waals surface area contributed by atoms with Crippen molar-refractivity contribution >= 4 is 5.91 Å². The number of rotatable bonds is 5.